The highest BCUT2D eigenvalue weighted by atomic mass is 32.2. The van der Waals surface area contributed by atoms with Crippen LogP contribution in [-0.2, 0) is 4.79 Å². The van der Waals surface area contributed by atoms with Crippen LogP contribution in [0.1, 0.15) is 25.7 Å². The Bertz CT molecular complexity index is 174. The minimum atomic E-state index is -0.715. The molecule has 3 nitrogen and oxygen atoms in total. The number of rotatable bonds is 6. The van der Waals surface area contributed by atoms with Gasteiger partial charge in [-0.15, -0.1) is 11.8 Å². The number of nitrogens with one attached hydrogen (secondary N) is 1. The van der Waals surface area contributed by atoms with Gasteiger partial charge in [0.05, 0.1) is 0 Å². The largest absolute Gasteiger partial charge is 0.481 e. The number of thiocarbonyl (C=S) groups is 1. The molecule has 0 aromatic rings. The lowest BCUT2D eigenvalue weighted by atomic mass is 10.2. The first-order chi connectivity index (χ1) is 6.16. The third-order valence-electron chi connectivity index (χ3n) is 1.52. The van der Waals surface area contributed by atoms with Crippen LogP contribution >= 0.6 is 24.0 Å². The molecule has 0 rings (SSSR count). The van der Waals surface area contributed by atoms with Gasteiger partial charge in [-0.1, -0.05) is 18.6 Å². The lowest BCUT2D eigenvalue weighted by molar-refractivity contribution is -0.137. The van der Waals surface area contributed by atoms with E-state index >= 15 is 0 Å². The van der Waals surface area contributed by atoms with Crippen LogP contribution in [0.25, 0.3) is 0 Å². The number of thioether (sulfide) groups is 1. The van der Waals surface area contributed by atoms with Gasteiger partial charge in [-0.3, -0.25) is 4.79 Å². The minimum absolute atomic E-state index is 0.271. The molecule has 0 atom stereocenters. The summed E-state index contributed by atoms with van der Waals surface area (Å²) >= 11 is 6.45. The lowest BCUT2D eigenvalue weighted by Crippen LogP contribution is -2.19. The Morgan fingerprint density at radius 3 is 2.69 bits per heavy atom. The average molecular weight is 221 g/mol. The Balaban J connectivity index is 3.08. The lowest BCUT2D eigenvalue weighted by Gasteiger charge is -2.03. The van der Waals surface area contributed by atoms with Crippen LogP contribution < -0.4 is 5.32 Å². The number of carbonyl (C=O) groups is 1. The summed E-state index contributed by atoms with van der Waals surface area (Å²) in [6.07, 6.45) is 4.88. The first-order valence-corrected chi connectivity index (χ1v) is 5.83. The van der Waals surface area contributed by atoms with Crippen molar-refractivity contribution in [3.05, 3.63) is 0 Å². The van der Waals surface area contributed by atoms with Crippen LogP contribution in [0.15, 0.2) is 0 Å². The monoisotopic (exact) mass is 221 g/mol. The summed E-state index contributed by atoms with van der Waals surface area (Å²) in [6.45, 7) is 0.847. The number of carboxylic acid groups (broad SMARTS) is 1. The van der Waals surface area contributed by atoms with Crippen molar-refractivity contribution in [3.63, 3.8) is 0 Å². The van der Waals surface area contributed by atoms with Crippen molar-refractivity contribution in [2.24, 2.45) is 0 Å². The maximum absolute atomic E-state index is 10.1. The fraction of sp³-hybridized carbons (Fsp3) is 0.750. The number of unbranched alkanes of at least 4 members (excludes halogenated alkanes) is 2. The Morgan fingerprint density at radius 1 is 1.46 bits per heavy atom. The normalized spacial score (nSPS) is 9.62. The molecule has 0 saturated carbocycles. The Hall–Kier alpha value is -0.290. The smallest absolute Gasteiger partial charge is 0.303 e. The van der Waals surface area contributed by atoms with Crippen LogP contribution in [0.2, 0.25) is 0 Å². The van der Waals surface area contributed by atoms with E-state index in [2.05, 4.69) is 5.32 Å². The molecule has 0 heterocycles. The zero-order valence-electron chi connectivity index (χ0n) is 7.71. The van der Waals surface area contributed by atoms with Crippen molar-refractivity contribution in [1.29, 1.82) is 0 Å². The zero-order valence-corrected chi connectivity index (χ0v) is 9.34. The maximum atomic E-state index is 10.1. The van der Waals surface area contributed by atoms with E-state index < -0.39 is 5.97 Å². The topological polar surface area (TPSA) is 49.3 Å². The highest BCUT2D eigenvalue weighted by Gasteiger charge is 1.96. The summed E-state index contributed by atoms with van der Waals surface area (Å²) < 4.78 is 0.804. The molecule has 0 radical (unpaired) electrons. The van der Waals surface area contributed by atoms with E-state index in [9.17, 15) is 4.79 Å². The van der Waals surface area contributed by atoms with E-state index in [0.29, 0.717) is 0 Å². The van der Waals surface area contributed by atoms with E-state index in [0.717, 1.165) is 30.1 Å². The van der Waals surface area contributed by atoms with Gasteiger partial charge in [-0.05, 0) is 19.1 Å². The van der Waals surface area contributed by atoms with E-state index in [1.807, 2.05) is 6.26 Å². The molecule has 0 saturated heterocycles. The van der Waals surface area contributed by atoms with Gasteiger partial charge in [0.15, 0.2) is 0 Å². The SMILES string of the molecule is CSC(=S)NCCCCCC(=O)O. The van der Waals surface area contributed by atoms with Crippen molar-refractivity contribution < 1.29 is 9.90 Å². The second-order valence-electron chi connectivity index (χ2n) is 2.62. The molecule has 2 N–H and O–H groups in total. The minimum Gasteiger partial charge on any atom is -0.481 e. The number of hydrogen-bond donors (Lipinski definition) is 2. The van der Waals surface area contributed by atoms with Gasteiger partial charge < -0.3 is 10.4 Å². The van der Waals surface area contributed by atoms with Gasteiger partial charge in [0, 0.05) is 13.0 Å². The van der Waals surface area contributed by atoms with E-state index in [4.69, 9.17) is 17.3 Å². The number of aliphatic carboxylic acids is 1. The first-order valence-electron chi connectivity index (χ1n) is 4.20. The highest BCUT2D eigenvalue weighted by Crippen LogP contribution is 1.99. The van der Waals surface area contributed by atoms with Gasteiger partial charge in [0.1, 0.15) is 4.32 Å². The van der Waals surface area contributed by atoms with E-state index in [1.54, 1.807) is 0 Å². The molecule has 0 aliphatic carbocycles. The van der Waals surface area contributed by atoms with Gasteiger partial charge in [-0.2, -0.15) is 0 Å². The predicted octanol–water partition coefficient (Wildman–Crippen LogP) is 1.87. The second-order valence-corrected chi connectivity index (χ2v) is 4.11. The van der Waals surface area contributed by atoms with Crippen LogP contribution in [0.3, 0.4) is 0 Å². The van der Waals surface area contributed by atoms with Crippen molar-refractivity contribution >= 4 is 34.3 Å². The maximum Gasteiger partial charge on any atom is 0.303 e. The van der Waals surface area contributed by atoms with E-state index in [1.165, 1.54) is 11.8 Å². The molecule has 0 amide bonds. The fourth-order valence-electron chi connectivity index (χ4n) is 0.841. The average Bonchev–Trinajstić information content (AvgIpc) is 2.10. The standard InChI is InChI=1S/C8H15NO2S2/c1-13-8(12)9-6-4-2-3-5-7(10)11/h2-6H2,1H3,(H,9,12)(H,10,11). The predicted molar refractivity (Wildman–Crippen MR) is 60.2 cm³/mol. The fourth-order valence-corrected chi connectivity index (χ4v) is 1.19. The van der Waals surface area contributed by atoms with E-state index in [-0.39, 0.29) is 6.42 Å². The molecule has 5 heteroatoms. The van der Waals surface area contributed by atoms with Gasteiger partial charge in [0.25, 0.3) is 0 Å². The Labute approximate surface area is 88.3 Å². The first kappa shape index (κ1) is 12.7. The van der Waals surface area contributed by atoms with Crippen molar-refractivity contribution in [3.8, 4) is 0 Å². The molecule has 0 aliphatic rings. The summed E-state index contributed by atoms with van der Waals surface area (Å²) in [7, 11) is 0. The van der Waals surface area contributed by atoms with Gasteiger partial charge >= 0.3 is 5.97 Å². The molecule has 0 aliphatic heterocycles. The summed E-state index contributed by atoms with van der Waals surface area (Å²) in [6, 6.07) is 0. The summed E-state index contributed by atoms with van der Waals surface area (Å²) in [5.74, 6) is -0.715. The second kappa shape index (κ2) is 8.31. The van der Waals surface area contributed by atoms with Crippen LogP contribution in [-0.4, -0.2) is 28.2 Å². The molecule has 0 bridgehead atoms. The van der Waals surface area contributed by atoms with Crippen molar-refractivity contribution in [1.82, 2.24) is 5.32 Å². The molecule has 0 spiro atoms. The van der Waals surface area contributed by atoms with Gasteiger partial charge in [-0.25, -0.2) is 0 Å². The summed E-state index contributed by atoms with van der Waals surface area (Å²) in [4.78, 5) is 10.1. The number of hydrogen-bond acceptors (Lipinski definition) is 3. The van der Waals surface area contributed by atoms with Crippen LogP contribution in [0.5, 0.6) is 0 Å². The molecule has 0 aromatic carbocycles. The Kier molecular flexibility index (Phi) is 8.13. The van der Waals surface area contributed by atoms with Crippen LogP contribution in [0, 0.1) is 0 Å². The summed E-state index contributed by atoms with van der Waals surface area (Å²) in [5, 5.41) is 11.4. The molecule has 13 heavy (non-hydrogen) atoms. The molecule has 0 fully saturated rings. The molecular formula is C8H15NO2S2. The zero-order chi connectivity index (χ0) is 10.1. The van der Waals surface area contributed by atoms with Crippen molar-refractivity contribution in [2.45, 2.75) is 25.7 Å². The number of carboxylic acids is 1. The molecule has 76 valence electrons. The third-order valence-corrected chi connectivity index (χ3v) is 2.68. The summed E-state index contributed by atoms with van der Waals surface area (Å²) in [5.41, 5.74) is 0. The van der Waals surface area contributed by atoms with Crippen LogP contribution in [0.4, 0.5) is 0 Å². The molecule has 0 aromatic heterocycles. The molecular weight excluding hydrogens is 206 g/mol. The molecule has 0 unspecified atom stereocenters. The highest BCUT2D eigenvalue weighted by molar-refractivity contribution is 8.22. The third kappa shape index (κ3) is 9.63. The Morgan fingerprint density at radius 2 is 2.15 bits per heavy atom. The van der Waals surface area contributed by atoms with Gasteiger partial charge in [0.2, 0.25) is 0 Å². The quantitative estimate of drug-likeness (QED) is 0.529. The van der Waals surface area contributed by atoms with Crippen molar-refractivity contribution in [2.75, 3.05) is 12.8 Å².